The van der Waals surface area contributed by atoms with E-state index >= 15 is 0 Å². The number of urea groups is 1. The summed E-state index contributed by atoms with van der Waals surface area (Å²) in [5, 5.41) is 5.27. The van der Waals surface area contributed by atoms with Gasteiger partial charge in [-0.2, -0.15) is 0 Å². The van der Waals surface area contributed by atoms with Crippen LogP contribution in [0.5, 0.6) is 17.2 Å². The number of anilines is 2. The van der Waals surface area contributed by atoms with Crippen LogP contribution in [-0.2, 0) is 9.59 Å². The van der Waals surface area contributed by atoms with Crippen molar-refractivity contribution in [2.45, 2.75) is 6.92 Å². The summed E-state index contributed by atoms with van der Waals surface area (Å²) in [5.41, 5.74) is 0.705. The van der Waals surface area contributed by atoms with E-state index in [4.69, 9.17) is 14.2 Å². The number of imide groups is 1. The molecule has 3 rings (SSSR count). The van der Waals surface area contributed by atoms with Crippen LogP contribution in [0.2, 0.25) is 0 Å². The fraction of sp³-hybridized carbons (Fsp3) is 0.286. The molecule has 0 aromatic heterocycles. The smallest absolute Gasteiger partial charge is 0.328 e. The van der Waals surface area contributed by atoms with Crippen molar-refractivity contribution in [1.82, 2.24) is 5.32 Å². The van der Waals surface area contributed by atoms with Crippen LogP contribution >= 0.6 is 0 Å². The second-order valence-electron chi connectivity index (χ2n) is 6.39. The number of ether oxygens (including phenoxy) is 3. The Labute approximate surface area is 173 Å². The predicted molar refractivity (Wildman–Crippen MR) is 110 cm³/mol. The van der Waals surface area contributed by atoms with Gasteiger partial charge in [0.25, 0.3) is 0 Å². The zero-order chi connectivity index (χ0) is 21.7. The van der Waals surface area contributed by atoms with Crippen molar-refractivity contribution >= 4 is 29.2 Å². The third kappa shape index (κ3) is 4.29. The summed E-state index contributed by atoms with van der Waals surface area (Å²) < 4.78 is 15.8. The highest BCUT2D eigenvalue weighted by Gasteiger charge is 2.39. The quantitative estimate of drug-likeness (QED) is 0.676. The second kappa shape index (κ2) is 9.17. The van der Waals surface area contributed by atoms with Gasteiger partial charge in [0.2, 0.25) is 11.8 Å². The summed E-state index contributed by atoms with van der Waals surface area (Å²) in [7, 11) is 2.97. The number of nitrogens with one attached hydrogen (secondary N) is 2. The highest BCUT2D eigenvalue weighted by molar-refractivity contribution is 6.23. The highest BCUT2D eigenvalue weighted by atomic mass is 16.5. The Morgan fingerprint density at radius 2 is 1.80 bits per heavy atom. The second-order valence-corrected chi connectivity index (χ2v) is 6.39. The molecule has 1 fully saturated rings. The number of hydrogen-bond acceptors (Lipinski definition) is 6. The monoisotopic (exact) mass is 413 g/mol. The number of amides is 4. The number of rotatable bonds is 7. The van der Waals surface area contributed by atoms with Gasteiger partial charge >= 0.3 is 6.03 Å². The van der Waals surface area contributed by atoms with Crippen LogP contribution < -0.4 is 29.7 Å². The van der Waals surface area contributed by atoms with Crippen LogP contribution in [0, 0.1) is 5.92 Å². The molecule has 4 amide bonds. The first-order valence-corrected chi connectivity index (χ1v) is 9.36. The van der Waals surface area contributed by atoms with Gasteiger partial charge in [-0.05, 0) is 43.3 Å². The molecule has 1 aliphatic heterocycles. The first kappa shape index (κ1) is 21.0. The molecule has 158 valence electrons. The molecule has 1 saturated heterocycles. The fourth-order valence-corrected chi connectivity index (χ4v) is 3.05. The lowest BCUT2D eigenvalue weighted by atomic mass is 10.0. The van der Waals surface area contributed by atoms with Crippen molar-refractivity contribution in [1.29, 1.82) is 0 Å². The lowest BCUT2D eigenvalue weighted by molar-refractivity contribution is -0.130. The van der Waals surface area contributed by atoms with E-state index in [2.05, 4.69) is 10.6 Å². The number of carbonyl (C=O) groups is 3. The molecular weight excluding hydrogens is 390 g/mol. The van der Waals surface area contributed by atoms with Crippen LogP contribution in [0.25, 0.3) is 0 Å². The van der Waals surface area contributed by atoms with Gasteiger partial charge in [0.1, 0.15) is 23.2 Å². The van der Waals surface area contributed by atoms with Crippen molar-refractivity contribution in [3.8, 4) is 17.2 Å². The van der Waals surface area contributed by atoms with Crippen molar-refractivity contribution < 1.29 is 28.6 Å². The third-order valence-electron chi connectivity index (χ3n) is 4.57. The molecule has 2 N–H and O–H groups in total. The standard InChI is InChI=1S/C21H23N3O6/c1-4-30-14-7-5-13(6-8-14)24-20(26)16(12-22-21(24)27)19(25)23-17-11-15(28-2)9-10-18(17)29-3/h5-11,16H,4,12H2,1-3H3,(H,22,27)(H,23,25). The van der Waals surface area contributed by atoms with E-state index in [1.54, 1.807) is 42.5 Å². The van der Waals surface area contributed by atoms with Crippen molar-refractivity contribution in [2.24, 2.45) is 5.92 Å². The maximum atomic E-state index is 13.0. The predicted octanol–water partition coefficient (Wildman–Crippen LogP) is 2.41. The number of carbonyl (C=O) groups excluding carboxylic acids is 3. The largest absolute Gasteiger partial charge is 0.497 e. The van der Waals surface area contributed by atoms with Gasteiger partial charge in [-0.3, -0.25) is 9.59 Å². The van der Waals surface area contributed by atoms with Gasteiger partial charge in [-0.15, -0.1) is 0 Å². The summed E-state index contributed by atoms with van der Waals surface area (Å²) in [6.07, 6.45) is 0. The maximum absolute atomic E-state index is 13.0. The van der Waals surface area contributed by atoms with E-state index in [9.17, 15) is 14.4 Å². The Balaban J connectivity index is 1.80. The summed E-state index contributed by atoms with van der Waals surface area (Å²) in [5.74, 6) is -0.745. The lowest BCUT2D eigenvalue weighted by Crippen LogP contribution is -2.58. The fourth-order valence-electron chi connectivity index (χ4n) is 3.05. The number of hydrogen-bond donors (Lipinski definition) is 2. The Hall–Kier alpha value is -3.75. The van der Waals surface area contributed by atoms with Crippen LogP contribution in [-0.4, -0.2) is 45.2 Å². The van der Waals surface area contributed by atoms with Gasteiger partial charge in [0.15, 0.2) is 0 Å². The van der Waals surface area contributed by atoms with Crippen LogP contribution in [0.4, 0.5) is 16.2 Å². The molecule has 0 bridgehead atoms. The van der Waals surface area contributed by atoms with Gasteiger partial charge in [-0.1, -0.05) is 0 Å². The zero-order valence-electron chi connectivity index (χ0n) is 16.9. The van der Waals surface area contributed by atoms with E-state index in [1.807, 2.05) is 6.92 Å². The Kier molecular flexibility index (Phi) is 6.41. The molecule has 1 heterocycles. The summed E-state index contributed by atoms with van der Waals surface area (Å²) in [6.45, 7) is 2.25. The van der Waals surface area contributed by atoms with Crippen molar-refractivity contribution in [3.63, 3.8) is 0 Å². The SMILES string of the molecule is CCOc1ccc(N2C(=O)NCC(C(=O)Nc3cc(OC)ccc3OC)C2=O)cc1. The summed E-state index contributed by atoms with van der Waals surface area (Å²) >= 11 is 0. The van der Waals surface area contributed by atoms with Gasteiger partial charge < -0.3 is 24.8 Å². The van der Waals surface area contributed by atoms with Crippen LogP contribution in [0.15, 0.2) is 42.5 Å². The molecule has 9 heteroatoms. The Bertz CT molecular complexity index is 944. The zero-order valence-corrected chi connectivity index (χ0v) is 16.9. The minimum Gasteiger partial charge on any atom is -0.497 e. The molecule has 2 aromatic carbocycles. The molecular formula is C21H23N3O6. The average Bonchev–Trinajstić information content (AvgIpc) is 2.75. The maximum Gasteiger partial charge on any atom is 0.328 e. The van der Waals surface area contributed by atoms with Crippen LogP contribution in [0.1, 0.15) is 6.92 Å². The first-order valence-electron chi connectivity index (χ1n) is 9.36. The molecule has 1 unspecified atom stereocenters. The number of nitrogens with zero attached hydrogens (tertiary/aromatic N) is 1. The van der Waals surface area contributed by atoms with Crippen molar-refractivity contribution in [3.05, 3.63) is 42.5 Å². The molecule has 30 heavy (non-hydrogen) atoms. The minimum atomic E-state index is -1.11. The Morgan fingerprint density at radius 1 is 1.10 bits per heavy atom. The molecule has 1 aliphatic rings. The molecule has 0 radical (unpaired) electrons. The molecule has 0 saturated carbocycles. The third-order valence-corrected chi connectivity index (χ3v) is 4.57. The molecule has 0 aliphatic carbocycles. The van der Waals surface area contributed by atoms with Gasteiger partial charge in [-0.25, -0.2) is 9.69 Å². The lowest BCUT2D eigenvalue weighted by Gasteiger charge is -2.30. The first-order chi connectivity index (χ1) is 14.5. The van der Waals surface area contributed by atoms with Gasteiger partial charge in [0.05, 0.1) is 32.2 Å². The van der Waals surface area contributed by atoms with Gasteiger partial charge in [0, 0.05) is 12.6 Å². The van der Waals surface area contributed by atoms with E-state index in [0.717, 1.165) is 4.90 Å². The van der Waals surface area contributed by atoms with Crippen molar-refractivity contribution in [2.75, 3.05) is 37.6 Å². The topological polar surface area (TPSA) is 106 Å². The molecule has 9 nitrogen and oxygen atoms in total. The summed E-state index contributed by atoms with van der Waals surface area (Å²) in [6, 6.07) is 10.8. The Morgan fingerprint density at radius 3 is 2.43 bits per heavy atom. The highest BCUT2D eigenvalue weighted by Crippen LogP contribution is 2.30. The average molecular weight is 413 g/mol. The number of methoxy groups -OCH3 is 2. The minimum absolute atomic E-state index is 0.108. The normalized spacial score (nSPS) is 16.0. The molecule has 0 spiro atoms. The van der Waals surface area contributed by atoms with E-state index in [1.165, 1.54) is 14.2 Å². The van der Waals surface area contributed by atoms with E-state index in [0.29, 0.717) is 35.2 Å². The summed E-state index contributed by atoms with van der Waals surface area (Å²) in [4.78, 5) is 39.1. The van der Waals surface area contributed by atoms with Crippen LogP contribution in [0.3, 0.4) is 0 Å². The number of benzene rings is 2. The molecule has 1 atom stereocenters. The van der Waals surface area contributed by atoms with E-state index in [-0.39, 0.29) is 6.54 Å². The van der Waals surface area contributed by atoms with E-state index < -0.39 is 23.8 Å². The molecule has 2 aromatic rings.